The first kappa shape index (κ1) is 18.4. The molecule has 3 heteroatoms. The number of ether oxygens (including phenoxy) is 1. The number of hydrogen-bond donors (Lipinski definition) is 1. The van der Waals surface area contributed by atoms with E-state index < -0.39 is 11.0 Å². The summed E-state index contributed by atoms with van der Waals surface area (Å²) in [6.45, 7) is 17.8. The lowest BCUT2D eigenvalue weighted by atomic mass is 9.61. The first-order valence-electron chi connectivity index (χ1n) is 6.99. The molecule has 0 aromatic carbocycles. The molecule has 0 aromatic heterocycles. The van der Waals surface area contributed by atoms with E-state index in [0.29, 0.717) is 0 Å². The van der Waals surface area contributed by atoms with E-state index >= 15 is 0 Å². The van der Waals surface area contributed by atoms with Gasteiger partial charge in [-0.05, 0) is 38.0 Å². The molecule has 0 bridgehead atoms. The largest absolute Gasteiger partial charge is 0.457 e. The van der Waals surface area contributed by atoms with Crippen LogP contribution in [-0.4, -0.2) is 23.3 Å². The van der Waals surface area contributed by atoms with Crippen LogP contribution in [0.3, 0.4) is 0 Å². The third-order valence-corrected chi connectivity index (χ3v) is 3.74. The molecule has 0 saturated heterocycles. The predicted molar refractivity (Wildman–Crippen MR) is 78.9 cm³/mol. The van der Waals surface area contributed by atoms with Gasteiger partial charge in [0.1, 0.15) is 5.60 Å². The van der Waals surface area contributed by atoms with Gasteiger partial charge in [0.2, 0.25) is 0 Å². The molecule has 0 aliphatic heterocycles. The second-order valence-electron chi connectivity index (χ2n) is 8.63. The molecule has 0 saturated carbocycles. The van der Waals surface area contributed by atoms with E-state index in [0.717, 1.165) is 6.42 Å². The van der Waals surface area contributed by atoms with Crippen molar-refractivity contribution in [3.63, 3.8) is 0 Å². The molecule has 0 amide bonds. The number of rotatable bonds is 4. The van der Waals surface area contributed by atoms with E-state index in [9.17, 15) is 9.90 Å². The normalized spacial score (nSPS) is 16.9. The van der Waals surface area contributed by atoms with Crippen LogP contribution in [0, 0.1) is 16.2 Å². The van der Waals surface area contributed by atoms with Crippen LogP contribution in [0.25, 0.3) is 0 Å². The summed E-state index contributed by atoms with van der Waals surface area (Å²) in [5.74, 6) is -0.228. The first-order chi connectivity index (χ1) is 8.15. The maximum atomic E-state index is 12.6. The zero-order chi connectivity index (χ0) is 15.7. The Kier molecular flexibility index (Phi) is 5.27. The number of aliphatic hydroxyl groups excluding tert-OH is 1. The maximum Gasteiger partial charge on any atom is 0.312 e. The van der Waals surface area contributed by atoms with E-state index in [-0.39, 0.29) is 23.4 Å². The monoisotopic (exact) mass is 272 g/mol. The van der Waals surface area contributed by atoms with Crippen molar-refractivity contribution in [2.45, 2.75) is 74.3 Å². The molecule has 0 spiro atoms. The van der Waals surface area contributed by atoms with Crippen molar-refractivity contribution in [3.8, 4) is 0 Å². The van der Waals surface area contributed by atoms with E-state index in [2.05, 4.69) is 41.5 Å². The first-order valence-corrected chi connectivity index (χ1v) is 6.99. The lowest BCUT2D eigenvalue weighted by Gasteiger charge is -2.44. The van der Waals surface area contributed by atoms with Crippen molar-refractivity contribution < 1.29 is 14.6 Å². The minimum atomic E-state index is -0.832. The Morgan fingerprint density at radius 2 is 1.37 bits per heavy atom. The van der Waals surface area contributed by atoms with Gasteiger partial charge < -0.3 is 9.84 Å². The fourth-order valence-corrected chi connectivity index (χ4v) is 2.10. The number of hydrogen-bond acceptors (Lipinski definition) is 3. The Morgan fingerprint density at radius 3 is 1.63 bits per heavy atom. The molecule has 0 radical (unpaired) electrons. The van der Waals surface area contributed by atoms with Crippen LogP contribution >= 0.6 is 0 Å². The van der Waals surface area contributed by atoms with Gasteiger partial charge in [-0.3, -0.25) is 4.79 Å². The second kappa shape index (κ2) is 5.43. The van der Waals surface area contributed by atoms with Crippen molar-refractivity contribution in [2.24, 2.45) is 16.2 Å². The van der Waals surface area contributed by atoms with Crippen LogP contribution in [0.5, 0.6) is 0 Å². The van der Waals surface area contributed by atoms with Crippen molar-refractivity contribution >= 4 is 5.97 Å². The molecule has 19 heavy (non-hydrogen) atoms. The molecule has 0 aliphatic rings. The van der Waals surface area contributed by atoms with Crippen LogP contribution < -0.4 is 0 Å². The number of aliphatic hydroxyl groups is 1. The highest BCUT2D eigenvalue weighted by molar-refractivity contribution is 5.78. The summed E-state index contributed by atoms with van der Waals surface area (Å²) in [6, 6.07) is 0. The molecule has 0 heterocycles. The highest BCUT2D eigenvalue weighted by Crippen LogP contribution is 2.47. The van der Waals surface area contributed by atoms with Crippen LogP contribution in [0.2, 0.25) is 0 Å². The molecular formula is C16H32O3. The molecule has 0 aliphatic carbocycles. The predicted octanol–water partition coefficient (Wildman–Crippen LogP) is 3.79. The minimum Gasteiger partial charge on any atom is -0.457 e. The third kappa shape index (κ3) is 5.13. The molecule has 1 N–H and O–H groups in total. The SMILES string of the molecule is CC(C)(C)CC(C)(C(=O)OC(C)(C)CO)C(C)(C)C. The zero-order valence-electron chi connectivity index (χ0n) is 14.2. The summed E-state index contributed by atoms with van der Waals surface area (Å²) in [6.07, 6.45) is 0.740. The van der Waals surface area contributed by atoms with Crippen molar-refractivity contribution in [3.05, 3.63) is 0 Å². The van der Waals surface area contributed by atoms with Gasteiger partial charge >= 0.3 is 5.97 Å². The van der Waals surface area contributed by atoms with Crippen LogP contribution in [-0.2, 0) is 9.53 Å². The van der Waals surface area contributed by atoms with Crippen molar-refractivity contribution in [1.29, 1.82) is 0 Å². The zero-order valence-corrected chi connectivity index (χ0v) is 14.2. The lowest BCUT2D eigenvalue weighted by molar-refractivity contribution is -0.181. The van der Waals surface area contributed by atoms with Gasteiger partial charge in [0, 0.05) is 0 Å². The molecule has 3 nitrogen and oxygen atoms in total. The van der Waals surface area contributed by atoms with E-state index in [1.54, 1.807) is 13.8 Å². The maximum absolute atomic E-state index is 12.6. The quantitative estimate of drug-likeness (QED) is 0.792. The molecule has 1 unspecified atom stereocenters. The Labute approximate surface area is 118 Å². The van der Waals surface area contributed by atoms with Crippen molar-refractivity contribution in [2.75, 3.05) is 6.61 Å². The summed E-state index contributed by atoms with van der Waals surface area (Å²) in [5, 5.41) is 9.27. The molecule has 0 rings (SSSR count). The highest BCUT2D eigenvalue weighted by atomic mass is 16.6. The summed E-state index contributed by atoms with van der Waals surface area (Å²) >= 11 is 0. The van der Waals surface area contributed by atoms with E-state index in [1.807, 2.05) is 6.92 Å². The van der Waals surface area contributed by atoms with Gasteiger partial charge in [0.15, 0.2) is 0 Å². The highest BCUT2D eigenvalue weighted by Gasteiger charge is 2.48. The van der Waals surface area contributed by atoms with Gasteiger partial charge in [0.25, 0.3) is 0 Å². The van der Waals surface area contributed by atoms with Gasteiger partial charge in [-0.1, -0.05) is 41.5 Å². The lowest BCUT2D eigenvalue weighted by Crippen LogP contribution is -2.47. The Bertz CT molecular complexity index is 318. The van der Waals surface area contributed by atoms with E-state index in [4.69, 9.17) is 4.74 Å². The smallest absolute Gasteiger partial charge is 0.312 e. The van der Waals surface area contributed by atoms with Crippen molar-refractivity contribution in [1.82, 2.24) is 0 Å². The summed E-state index contributed by atoms with van der Waals surface area (Å²) < 4.78 is 5.54. The number of carbonyl (C=O) groups excluding carboxylic acids is 1. The number of carbonyl (C=O) groups is 1. The fourth-order valence-electron chi connectivity index (χ4n) is 2.10. The second-order valence-corrected chi connectivity index (χ2v) is 8.63. The van der Waals surface area contributed by atoms with Crippen LogP contribution in [0.4, 0.5) is 0 Å². The molecule has 114 valence electrons. The van der Waals surface area contributed by atoms with Gasteiger partial charge in [0.05, 0.1) is 12.0 Å². The van der Waals surface area contributed by atoms with Crippen LogP contribution in [0.15, 0.2) is 0 Å². The fraction of sp³-hybridized carbons (Fsp3) is 0.938. The topological polar surface area (TPSA) is 46.5 Å². The average Bonchev–Trinajstić information content (AvgIpc) is 2.12. The standard InChI is InChI=1S/C16H32O3/c1-13(2,3)10-16(9,14(4,5)6)12(18)19-15(7,8)11-17/h17H,10-11H2,1-9H3. The molecular weight excluding hydrogens is 240 g/mol. The number of esters is 1. The molecule has 0 fully saturated rings. The molecule has 0 aromatic rings. The molecule has 1 atom stereocenters. The Morgan fingerprint density at radius 1 is 0.947 bits per heavy atom. The summed E-state index contributed by atoms with van der Waals surface area (Å²) in [5.41, 5.74) is -1.59. The third-order valence-electron chi connectivity index (χ3n) is 3.74. The Balaban J connectivity index is 5.34. The summed E-state index contributed by atoms with van der Waals surface area (Å²) in [7, 11) is 0. The summed E-state index contributed by atoms with van der Waals surface area (Å²) in [4.78, 5) is 12.6. The van der Waals surface area contributed by atoms with Gasteiger partial charge in [-0.2, -0.15) is 0 Å². The van der Waals surface area contributed by atoms with Crippen LogP contribution in [0.1, 0.15) is 68.7 Å². The van der Waals surface area contributed by atoms with E-state index in [1.165, 1.54) is 0 Å². The average molecular weight is 272 g/mol. The Hall–Kier alpha value is -0.570. The van der Waals surface area contributed by atoms with Gasteiger partial charge in [-0.15, -0.1) is 0 Å². The minimum absolute atomic E-state index is 0.0322. The van der Waals surface area contributed by atoms with Gasteiger partial charge in [-0.25, -0.2) is 0 Å².